The fraction of sp³-hybridized carbons (Fsp3) is 0.941. The van der Waals surface area contributed by atoms with Gasteiger partial charge < -0.3 is 5.11 Å². The van der Waals surface area contributed by atoms with E-state index >= 15 is 0 Å². The van der Waals surface area contributed by atoms with Gasteiger partial charge in [0.05, 0.1) is 17.1 Å². The molecule has 0 aromatic rings. The van der Waals surface area contributed by atoms with Gasteiger partial charge in [0, 0.05) is 0 Å². The maximum Gasteiger partial charge on any atom is 0.0860 e. The summed E-state index contributed by atoms with van der Waals surface area (Å²) < 4.78 is 0. The van der Waals surface area contributed by atoms with E-state index in [0.717, 1.165) is 63.2 Å². The van der Waals surface area contributed by atoms with Crippen LogP contribution in [0.5, 0.6) is 0 Å². The Morgan fingerprint density at radius 2 is 1.68 bits per heavy atom. The van der Waals surface area contributed by atoms with E-state index in [1.54, 1.807) is 0 Å². The molecule has 0 saturated heterocycles. The molecule has 0 heterocycles. The molecule has 0 aliphatic heterocycles. The molecule has 0 radical (unpaired) electrons. The third-order valence-electron chi connectivity index (χ3n) is 5.86. The number of aliphatic hydroxyl groups is 1. The monoisotopic (exact) mass is 263 g/mol. The summed E-state index contributed by atoms with van der Waals surface area (Å²) in [6.07, 6.45) is 10.5. The molecule has 0 amide bonds. The summed E-state index contributed by atoms with van der Waals surface area (Å²) in [4.78, 5) is 0. The minimum atomic E-state index is -0.702. The Morgan fingerprint density at radius 3 is 2.16 bits per heavy atom. The standard InChI is InChI=1S/C17H29NO/c1-3-4-15-7-11-17(19,12-8-15)16(13-18)9-5-14(2)6-10-16/h14-15,19H,3-12H2,1-2H3. The van der Waals surface area contributed by atoms with Crippen molar-refractivity contribution in [3.8, 4) is 6.07 Å². The fourth-order valence-electron chi connectivity index (χ4n) is 4.27. The minimum absolute atomic E-state index is 0.448. The normalized spacial score (nSPS) is 43.7. The van der Waals surface area contributed by atoms with Crippen LogP contribution in [-0.2, 0) is 0 Å². The second kappa shape index (κ2) is 5.83. The SMILES string of the molecule is CCCC1CCC(O)(C2(C#N)CCC(C)CC2)CC1. The Bertz CT molecular complexity index is 328. The van der Waals surface area contributed by atoms with E-state index < -0.39 is 11.0 Å². The van der Waals surface area contributed by atoms with Gasteiger partial charge in [0.1, 0.15) is 0 Å². The van der Waals surface area contributed by atoms with Gasteiger partial charge >= 0.3 is 0 Å². The average Bonchev–Trinajstić information content (AvgIpc) is 2.43. The van der Waals surface area contributed by atoms with E-state index in [4.69, 9.17) is 0 Å². The van der Waals surface area contributed by atoms with Gasteiger partial charge in [-0.25, -0.2) is 0 Å². The maximum absolute atomic E-state index is 11.1. The van der Waals surface area contributed by atoms with Crippen LogP contribution in [0.15, 0.2) is 0 Å². The molecule has 0 atom stereocenters. The van der Waals surface area contributed by atoms with Gasteiger partial charge in [-0.05, 0) is 63.2 Å². The fourth-order valence-corrected chi connectivity index (χ4v) is 4.27. The zero-order valence-corrected chi connectivity index (χ0v) is 12.6. The molecule has 19 heavy (non-hydrogen) atoms. The molecule has 108 valence electrons. The maximum atomic E-state index is 11.1. The van der Waals surface area contributed by atoms with Crippen molar-refractivity contribution >= 4 is 0 Å². The van der Waals surface area contributed by atoms with Gasteiger partial charge in [-0.1, -0.05) is 26.7 Å². The van der Waals surface area contributed by atoms with Crippen LogP contribution in [0.3, 0.4) is 0 Å². The Balaban J connectivity index is 2.05. The van der Waals surface area contributed by atoms with Crippen LogP contribution in [0, 0.1) is 28.6 Å². The first-order chi connectivity index (χ1) is 9.05. The number of hydrogen-bond donors (Lipinski definition) is 1. The summed E-state index contributed by atoms with van der Waals surface area (Å²) in [5.41, 5.74) is -1.15. The highest BCUT2D eigenvalue weighted by molar-refractivity contribution is 5.13. The molecule has 2 aliphatic rings. The quantitative estimate of drug-likeness (QED) is 0.818. The van der Waals surface area contributed by atoms with Crippen molar-refractivity contribution in [1.29, 1.82) is 5.26 Å². The largest absolute Gasteiger partial charge is 0.388 e. The number of nitriles is 1. The van der Waals surface area contributed by atoms with Crippen LogP contribution in [0.2, 0.25) is 0 Å². The van der Waals surface area contributed by atoms with Crippen molar-refractivity contribution in [2.24, 2.45) is 17.3 Å². The highest BCUT2D eigenvalue weighted by atomic mass is 16.3. The lowest BCUT2D eigenvalue weighted by atomic mass is 9.57. The predicted molar refractivity (Wildman–Crippen MR) is 77.5 cm³/mol. The highest BCUT2D eigenvalue weighted by Crippen LogP contribution is 2.52. The molecule has 2 nitrogen and oxygen atoms in total. The first-order valence-electron chi connectivity index (χ1n) is 8.19. The van der Waals surface area contributed by atoms with Gasteiger partial charge in [-0.2, -0.15) is 5.26 Å². The van der Waals surface area contributed by atoms with Gasteiger partial charge in [0.2, 0.25) is 0 Å². The molecule has 2 fully saturated rings. The summed E-state index contributed by atoms with van der Waals surface area (Å²) in [5.74, 6) is 1.50. The zero-order valence-electron chi connectivity index (χ0n) is 12.6. The first kappa shape index (κ1) is 14.9. The number of hydrogen-bond acceptors (Lipinski definition) is 2. The van der Waals surface area contributed by atoms with Crippen molar-refractivity contribution in [2.75, 3.05) is 0 Å². The molecule has 0 aromatic carbocycles. The molecule has 0 bridgehead atoms. The molecule has 0 aromatic heterocycles. The van der Waals surface area contributed by atoms with Gasteiger partial charge in [-0.3, -0.25) is 0 Å². The Kier molecular flexibility index (Phi) is 4.56. The third-order valence-corrected chi connectivity index (χ3v) is 5.86. The lowest BCUT2D eigenvalue weighted by Gasteiger charge is -2.49. The lowest BCUT2D eigenvalue weighted by molar-refractivity contribution is -0.109. The molecular formula is C17H29NO. The summed E-state index contributed by atoms with van der Waals surface area (Å²) >= 11 is 0. The van der Waals surface area contributed by atoms with Crippen molar-refractivity contribution in [3.05, 3.63) is 0 Å². The van der Waals surface area contributed by atoms with Gasteiger partial charge in [0.25, 0.3) is 0 Å². The average molecular weight is 263 g/mol. The van der Waals surface area contributed by atoms with Crippen LogP contribution in [0.4, 0.5) is 0 Å². The molecule has 1 N–H and O–H groups in total. The summed E-state index contributed by atoms with van der Waals surface area (Å²) in [6.45, 7) is 4.50. The van der Waals surface area contributed by atoms with Crippen LogP contribution in [0.25, 0.3) is 0 Å². The van der Waals surface area contributed by atoms with Crippen molar-refractivity contribution in [3.63, 3.8) is 0 Å². The van der Waals surface area contributed by atoms with Crippen LogP contribution in [0.1, 0.15) is 78.1 Å². The second-order valence-corrected chi connectivity index (χ2v) is 7.14. The smallest absolute Gasteiger partial charge is 0.0860 e. The summed E-state index contributed by atoms with van der Waals surface area (Å²) in [6, 6.07) is 2.55. The predicted octanol–water partition coefficient (Wildman–Crippen LogP) is 4.43. The van der Waals surface area contributed by atoms with Gasteiger partial charge in [0.15, 0.2) is 0 Å². The summed E-state index contributed by atoms with van der Waals surface area (Å²) in [5, 5.41) is 20.8. The van der Waals surface area contributed by atoms with Crippen molar-refractivity contribution in [1.82, 2.24) is 0 Å². The molecule has 2 aliphatic carbocycles. The molecule has 2 heteroatoms. The molecule has 0 spiro atoms. The molecular weight excluding hydrogens is 234 g/mol. The first-order valence-corrected chi connectivity index (χ1v) is 8.19. The van der Waals surface area contributed by atoms with E-state index in [2.05, 4.69) is 19.9 Å². The van der Waals surface area contributed by atoms with Crippen LogP contribution >= 0.6 is 0 Å². The Hall–Kier alpha value is -0.550. The zero-order chi connectivity index (χ0) is 13.9. The van der Waals surface area contributed by atoms with Crippen LogP contribution in [-0.4, -0.2) is 10.7 Å². The van der Waals surface area contributed by atoms with Crippen molar-refractivity contribution in [2.45, 2.75) is 83.7 Å². The van der Waals surface area contributed by atoms with E-state index in [9.17, 15) is 10.4 Å². The van der Waals surface area contributed by atoms with E-state index in [0.29, 0.717) is 0 Å². The van der Waals surface area contributed by atoms with Gasteiger partial charge in [-0.15, -0.1) is 0 Å². The van der Waals surface area contributed by atoms with E-state index in [-0.39, 0.29) is 0 Å². The minimum Gasteiger partial charge on any atom is -0.388 e. The topological polar surface area (TPSA) is 44.0 Å². The molecule has 2 saturated carbocycles. The number of nitrogens with zero attached hydrogens (tertiary/aromatic N) is 1. The van der Waals surface area contributed by atoms with E-state index in [1.165, 1.54) is 12.8 Å². The molecule has 2 rings (SSSR count). The van der Waals surface area contributed by atoms with Crippen molar-refractivity contribution < 1.29 is 5.11 Å². The highest BCUT2D eigenvalue weighted by Gasteiger charge is 2.52. The Labute approximate surface area is 118 Å². The van der Waals surface area contributed by atoms with E-state index in [1.807, 2.05) is 0 Å². The third kappa shape index (κ3) is 2.82. The lowest BCUT2D eigenvalue weighted by Crippen LogP contribution is -2.51. The van der Waals surface area contributed by atoms with Crippen LogP contribution < -0.4 is 0 Å². The number of rotatable bonds is 3. The Morgan fingerprint density at radius 1 is 1.11 bits per heavy atom. The summed E-state index contributed by atoms with van der Waals surface area (Å²) in [7, 11) is 0. The second-order valence-electron chi connectivity index (χ2n) is 7.14. The molecule has 0 unspecified atom stereocenters.